The Balaban J connectivity index is 1.28. The number of carbonyl (C=O) groups excluding carboxylic acids is 3. The summed E-state index contributed by atoms with van der Waals surface area (Å²) >= 11 is 0. The molecule has 0 heterocycles. The lowest BCUT2D eigenvalue weighted by Gasteiger charge is -2.42. The molecule has 0 aliphatic heterocycles. The summed E-state index contributed by atoms with van der Waals surface area (Å²) in [4.78, 5) is 50.6. The molecule has 4 aliphatic carbocycles. The number of alkyl carbamates (subject to hydrolysis) is 3. The van der Waals surface area contributed by atoms with Crippen molar-refractivity contribution in [1.82, 2.24) is 21.3 Å². The Morgan fingerprint density at radius 1 is 0.486 bits per heavy atom. The van der Waals surface area contributed by atoms with Crippen LogP contribution in [-0.4, -0.2) is 86.2 Å². The van der Waals surface area contributed by atoms with Gasteiger partial charge in [-0.15, -0.1) is 0 Å². The molecule has 4 saturated carbocycles. The minimum atomic E-state index is -0.924. The van der Waals surface area contributed by atoms with Crippen LogP contribution in [0.3, 0.4) is 0 Å². The van der Waals surface area contributed by atoms with Crippen LogP contribution in [0.5, 0.6) is 0 Å². The van der Waals surface area contributed by atoms with Crippen LogP contribution in [0.25, 0.3) is 0 Å². The van der Waals surface area contributed by atoms with Crippen LogP contribution in [-0.2, 0) is 18.9 Å². The van der Waals surface area contributed by atoms with Gasteiger partial charge in [0.25, 0.3) is 0 Å². The summed E-state index contributed by atoms with van der Waals surface area (Å²) in [7, 11) is 0. The van der Waals surface area contributed by atoms with Crippen molar-refractivity contribution in [1.29, 1.82) is 0 Å². The maximum absolute atomic E-state index is 13.9. The average molecular weight is 1020 g/mol. The molecule has 0 spiro atoms. The zero-order chi connectivity index (χ0) is 52.0. The van der Waals surface area contributed by atoms with Gasteiger partial charge >= 0.3 is 24.4 Å². The van der Waals surface area contributed by atoms with Gasteiger partial charge in [-0.3, -0.25) is 0 Å². The molecule has 0 aromatic carbocycles. The lowest BCUT2D eigenvalue weighted by atomic mass is 9.69. The molecule has 13 nitrogen and oxygen atoms in total. The summed E-state index contributed by atoms with van der Waals surface area (Å²) in [6.07, 6.45) is 34.6. The van der Waals surface area contributed by atoms with Crippen LogP contribution in [0.1, 0.15) is 253 Å². The number of hydrogen-bond acceptors (Lipinski definition) is 8. The van der Waals surface area contributed by atoms with Crippen molar-refractivity contribution in [2.75, 3.05) is 33.0 Å². The maximum Gasteiger partial charge on any atom is 0.407 e. The molecule has 4 amide bonds. The predicted molar refractivity (Wildman–Crippen MR) is 289 cm³/mol. The van der Waals surface area contributed by atoms with E-state index in [4.69, 9.17) is 24.1 Å². The van der Waals surface area contributed by atoms with Gasteiger partial charge in [-0.2, -0.15) is 0 Å². The van der Waals surface area contributed by atoms with Crippen LogP contribution < -0.4 is 21.3 Å². The van der Waals surface area contributed by atoms with E-state index in [1.165, 1.54) is 96.3 Å². The molecule has 4 rings (SSSR count). The van der Waals surface area contributed by atoms with Crippen molar-refractivity contribution in [2.45, 2.75) is 277 Å². The standard InChI is InChI=1S/C59H108N4O9/c1-7-12-14-16-18-20-45(19-17-15-13-8-2)37-39-69-42-59(11-5,43-71-56(67)62-53-35-27-49(28-36-53)41-47-23-31-51(32-24-47)60-54(64)65)44-72-57(68)63-58(6,10-4)50-29-21-46(22-30-50)40-48-25-33-52(34-26-48)61-55(66)70-38-9-3/h45-53,60H,7-44H2,1-6H3,(H,61,66)(H,62,67)(H,63,68)(H,64,65). The molecule has 0 bridgehead atoms. The van der Waals surface area contributed by atoms with E-state index in [1.54, 1.807) is 0 Å². The van der Waals surface area contributed by atoms with Gasteiger partial charge in [-0.25, -0.2) is 19.2 Å². The first-order valence-corrected chi connectivity index (χ1v) is 30.2. The van der Waals surface area contributed by atoms with E-state index in [2.05, 4.69) is 55.9 Å². The van der Waals surface area contributed by atoms with Crippen LogP contribution in [0.2, 0.25) is 0 Å². The van der Waals surface area contributed by atoms with E-state index in [9.17, 15) is 19.2 Å². The number of hydrogen-bond donors (Lipinski definition) is 5. The summed E-state index contributed by atoms with van der Waals surface area (Å²) in [5, 5.41) is 21.4. The third kappa shape index (κ3) is 23.7. The minimum absolute atomic E-state index is 0.0722. The van der Waals surface area contributed by atoms with Gasteiger partial charge in [0.1, 0.15) is 13.2 Å². The Kier molecular flexibility index (Phi) is 29.6. The third-order valence-corrected chi connectivity index (χ3v) is 18.2. The summed E-state index contributed by atoms with van der Waals surface area (Å²) in [5.74, 6) is 3.70. The Morgan fingerprint density at radius 2 is 0.931 bits per heavy atom. The Bertz CT molecular complexity index is 1490. The molecule has 3 atom stereocenters. The second kappa shape index (κ2) is 34.6. The first kappa shape index (κ1) is 61.6. The van der Waals surface area contributed by atoms with Gasteiger partial charge in [0.05, 0.1) is 18.6 Å². The second-order valence-electron chi connectivity index (χ2n) is 23.9. The maximum atomic E-state index is 13.9. The monoisotopic (exact) mass is 1020 g/mol. The number of unbranched alkanes of at least 4 members (excludes halogenated alkanes) is 7. The van der Waals surface area contributed by atoms with Crippen molar-refractivity contribution in [3.63, 3.8) is 0 Å². The fourth-order valence-electron chi connectivity index (χ4n) is 12.9. The van der Waals surface area contributed by atoms with Gasteiger partial charge in [-0.05, 0) is 171 Å². The molecule has 3 unspecified atom stereocenters. The van der Waals surface area contributed by atoms with Crippen molar-refractivity contribution >= 4 is 24.4 Å². The van der Waals surface area contributed by atoms with Gasteiger partial charge < -0.3 is 45.3 Å². The summed E-state index contributed by atoms with van der Waals surface area (Å²) in [5.41, 5.74) is -1.07. The second-order valence-corrected chi connectivity index (χ2v) is 23.9. The third-order valence-electron chi connectivity index (χ3n) is 18.2. The molecule has 13 heteroatoms. The molecule has 4 fully saturated rings. The molecule has 0 aromatic rings. The Hall–Kier alpha value is -2.96. The normalized spacial score (nSPS) is 26.8. The minimum Gasteiger partial charge on any atom is -0.465 e. The summed E-state index contributed by atoms with van der Waals surface area (Å²) < 4.78 is 24.0. The van der Waals surface area contributed by atoms with Crippen LogP contribution in [0, 0.1) is 40.9 Å². The van der Waals surface area contributed by atoms with Gasteiger partial charge in [0.15, 0.2) is 0 Å². The van der Waals surface area contributed by atoms with E-state index in [0.29, 0.717) is 61.7 Å². The summed E-state index contributed by atoms with van der Waals surface area (Å²) in [6, 6.07) is 0.376. The van der Waals surface area contributed by atoms with Gasteiger partial charge in [-0.1, -0.05) is 118 Å². The first-order chi connectivity index (χ1) is 34.8. The molecular weight excluding hydrogens is 909 g/mol. The highest BCUT2D eigenvalue weighted by atomic mass is 16.6. The van der Waals surface area contributed by atoms with Crippen LogP contribution in [0.4, 0.5) is 19.2 Å². The number of carbonyl (C=O) groups is 4. The van der Waals surface area contributed by atoms with Crippen LogP contribution in [0.15, 0.2) is 0 Å². The zero-order valence-electron chi connectivity index (χ0n) is 46.8. The molecule has 4 aliphatic rings. The van der Waals surface area contributed by atoms with E-state index in [1.807, 2.05) is 6.92 Å². The van der Waals surface area contributed by atoms with Crippen molar-refractivity contribution < 1.29 is 43.2 Å². The molecule has 0 radical (unpaired) electrons. The quantitative estimate of drug-likeness (QED) is 0.0317. The van der Waals surface area contributed by atoms with Gasteiger partial charge in [0, 0.05) is 30.3 Å². The molecule has 72 heavy (non-hydrogen) atoms. The number of ether oxygens (including phenoxy) is 4. The predicted octanol–water partition coefficient (Wildman–Crippen LogP) is 15.0. The van der Waals surface area contributed by atoms with E-state index in [-0.39, 0.29) is 43.0 Å². The van der Waals surface area contributed by atoms with Crippen LogP contribution >= 0.6 is 0 Å². The topological polar surface area (TPSA) is 174 Å². The molecule has 418 valence electrons. The Morgan fingerprint density at radius 3 is 1.39 bits per heavy atom. The Labute approximate surface area is 438 Å². The largest absolute Gasteiger partial charge is 0.465 e. The number of nitrogens with one attached hydrogen (secondary N) is 4. The fourth-order valence-corrected chi connectivity index (χ4v) is 12.9. The number of rotatable bonds is 33. The zero-order valence-corrected chi connectivity index (χ0v) is 46.8. The lowest BCUT2D eigenvalue weighted by molar-refractivity contribution is -0.0426. The fraction of sp³-hybridized carbons (Fsp3) is 0.932. The molecule has 0 aromatic heterocycles. The average Bonchev–Trinajstić information content (AvgIpc) is 3.38. The highest BCUT2D eigenvalue weighted by Gasteiger charge is 2.40. The van der Waals surface area contributed by atoms with E-state index < -0.39 is 23.7 Å². The smallest absolute Gasteiger partial charge is 0.407 e. The number of carboxylic acid groups (broad SMARTS) is 1. The first-order valence-electron chi connectivity index (χ1n) is 30.2. The highest BCUT2D eigenvalue weighted by Crippen LogP contribution is 2.42. The SMILES string of the molecule is CCCCCCCC(CCCCCC)CCOCC(CC)(COC(=O)NC1CCC(CC2CCC(NC(=O)O)CC2)CC1)COC(=O)NC(C)(CC)C1CCC(CC2CCC(NC(=O)OCCC)CC2)CC1. The molecule has 5 N–H and O–H groups in total. The lowest BCUT2D eigenvalue weighted by Crippen LogP contribution is -2.53. The van der Waals surface area contributed by atoms with Crippen molar-refractivity contribution in [3.8, 4) is 0 Å². The van der Waals surface area contributed by atoms with E-state index >= 15 is 0 Å². The van der Waals surface area contributed by atoms with Crippen molar-refractivity contribution in [3.05, 3.63) is 0 Å². The van der Waals surface area contributed by atoms with E-state index in [0.717, 1.165) is 109 Å². The number of amides is 4. The molecule has 0 saturated heterocycles. The molecular formula is C59H108N4O9. The highest BCUT2D eigenvalue weighted by molar-refractivity contribution is 5.69. The summed E-state index contributed by atoms with van der Waals surface area (Å²) in [6.45, 7) is 14.6. The van der Waals surface area contributed by atoms with Gasteiger partial charge in [0.2, 0.25) is 0 Å². The van der Waals surface area contributed by atoms with Crippen molar-refractivity contribution in [2.24, 2.45) is 40.9 Å².